The molecule has 0 unspecified atom stereocenters. The smallest absolute Gasteiger partial charge is 0.141 e. The fraction of sp³-hybridized carbons (Fsp3) is 0.0769. The Kier molecular flexibility index (Phi) is 5.44. The van der Waals surface area contributed by atoms with Crippen LogP contribution in [0.1, 0.15) is 27.8 Å². The van der Waals surface area contributed by atoms with E-state index in [2.05, 4.69) is 132 Å². The van der Waals surface area contributed by atoms with Crippen LogP contribution in [-0.2, 0) is 18.4 Å². The fourth-order valence-electron chi connectivity index (χ4n) is 6.95. The molecule has 0 spiro atoms. The second-order valence-electron chi connectivity index (χ2n) is 11.0. The monoisotopic (exact) mass is 527 g/mol. The Morgan fingerprint density at radius 3 is 1.63 bits per heavy atom. The van der Waals surface area contributed by atoms with Gasteiger partial charge in [0.1, 0.15) is 5.60 Å². The molecule has 0 amide bonds. The van der Waals surface area contributed by atoms with Gasteiger partial charge in [0.05, 0.1) is 11.0 Å². The number of aromatic nitrogens is 1. The second kappa shape index (κ2) is 9.33. The summed E-state index contributed by atoms with van der Waals surface area (Å²) in [5.74, 6) is 0. The number of aryl methyl sites for hydroxylation is 2. The van der Waals surface area contributed by atoms with Gasteiger partial charge in [0.25, 0.3) is 0 Å². The number of rotatable bonds is 3. The molecule has 0 aliphatic heterocycles. The van der Waals surface area contributed by atoms with Crippen molar-refractivity contribution in [3.05, 3.63) is 173 Å². The average molecular weight is 528 g/mol. The molecule has 2 heteroatoms. The van der Waals surface area contributed by atoms with Crippen LogP contribution in [0.2, 0.25) is 0 Å². The summed E-state index contributed by atoms with van der Waals surface area (Å²) in [5, 5.41) is 15.5. The van der Waals surface area contributed by atoms with E-state index in [1.54, 1.807) is 0 Å². The van der Waals surface area contributed by atoms with Crippen LogP contribution in [0.3, 0.4) is 0 Å². The molecule has 8 rings (SSSR count). The molecule has 7 aromatic rings. The van der Waals surface area contributed by atoms with Crippen molar-refractivity contribution >= 4 is 21.8 Å². The molecule has 196 valence electrons. The van der Waals surface area contributed by atoms with Crippen molar-refractivity contribution < 1.29 is 5.11 Å². The SMILES string of the molecule is OC1(c2ccccc2-c2cccc(-n3c4ccccc4c4ccccc43)c2)c2ccccc2CCc2ccccc21. The molecular formula is C39H29NO. The number of benzene rings is 6. The molecule has 1 heterocycles. The van der Waals surface area contributed by atoms with Gasteiger partial charge in [0, 0.05) is 22.0 Å². The minimum atomic E-state index is -1.27. The number of hydrogen-bond donors (Lipinski definition) is 1. The van der Waals surface area contributed by atoms with Crippen molar-refractivity contribution in [1.29, 1.82) is 0 Å². The highest BCUT2D eigenvalue weighted by Gasteiger charge is 2.40. The first-order chi connectivity index (χ1) is 20.2. The lowest BCUT2D eigenvalue weighted by Crippen LogP contribution is -2.31. The lowest BCUT2D eigenvalue weighted by Gasteiger charge is -2.33. The highest BCUT2D eigenvalue weighted by atomic mass is 16.3. The predicted octanol–water partition coefficient (Wildman–Crippen LogP) is 8.83. The Morgan fingerprint density at radius 2 is 1.00 bits per heavy atom. The predicted molar refractivity (Wildman–Crippen MR) is 169 cm³/mol. The topological polar surface area (TPSA) is 25.2 Å². The van der Waals surface area contributed by atoms with Crippen LogP contribution in [0.15, 0.2) is 146 Å². The normalized spacial score (nSPS) is 14.0. The summed E-state index contributed by atoms with van der Waals surface area (Å²) in [6.07, 6.45) is 1.81. The van der Waals surface area contributed by atoms with Gasteiger partial charge < -0.3 is 9.67 Å². The Labute approximate surface area is 239 Å². The first kappa shape index (κ1) is 23.9. The van der Waals surface area contributed by atoms with Crippen LogP contribution < -0.4 is 0 Å². The molecule has 1 N–H and O–H groups in total. The van der Waals surface area contributed by atoms with E-state index in [-0.39, 0.29) is 0 Å². The van der Waals surface area contributed by atoms with Gasteiger partial charge in [-0.1, -0.05) is 121 Å². The summed E-state index contributed by atoms with van der Waals surface area (Å²) in [4.78, 5) is 0. The quantitative estimate of drug-likeness (QED) is 0.244. The van der Waals surface area contributed by atoms with Crippen molar-refractivity contribution in [1.82, 2.24) is 4.57 Å². The Hall–Kier alpha value is -4.92. The standard InChI is InChI=1S/C39H29NO/c41-39(34-19-6-1-12-27(34)24-25-28-13-2-7-20-35(28)39)36-21-8-3-16-31(36)29-14-11-15-30(26-29)40-37-22-9-4-17-32(37)33-18-5-10-23-38(33)40/h1-23,26,41H,24-25H2. The van der Waals surface area contributed by atoms with Gasteiger partial charge in [-0.3, -0.25) is 0 Å². The molecule has 0 atom stereocenters. The summed E-state index contributed by atoms with van der Waals surface area (Å²) >= 11 is 0. The van der Waals surface area contributed by atoms with Gasteiger partial charge in [-0.05, 0) is 70.5 Å². The fourth-order valence-corrected chi connectivity index (χ4v) is 6.95. The van der Waals surface area contributed by atoms with E-state index in [0.29, 0.717) is 0 Å². The number of fused-ring (bicyclic) bond motifs is 5. The van der Waals surface area contributed by atoms with E-state index in [0.717, 1.165) is 46.3 Å². The van der Waals surface area contributed by atoms with Crippen molar-refractivity contribution in [2.75, 3.05) is 0 Å². The highest BCUT2D eigenvalue weighted by Crippen LogP contribution is 2.46. The Balaban J connectivity index is 1.38. The number of aliphatic hydroxyl groups is 1. The summed E-state index contributed by atoms with van der Waals surface area (Å²) in [5.41, 5.74) is 9.53. The lowest BCUT2D eigenvalue weighted by atomic mass is 9.75. The molecule has 0 radical (unpaired) electrons. The van der Waals surface area contributed by atoms with E-state index < -0.39 is 5.60 Å². The van der Waals surface area contributed by atoms with E-state index in [9.17, 15) is 5.11 Å². The third kappa shape index (κ3) is 3.61. The van der Waals surface area contributed by atoms with E-state index >= 15 is 0 Å². The van der Waals surface area contributed by atoms with Crippen molar-refractivity contribution in [3.8, 4) is 16.8 Å². The van der Waals surface area contributed by atoms with Crippen molar-refractivity contribution in [2.24, 2.45) is 0 Å². The third-order valence-electron chi connectivity index (χ3n) is 8.79. The second-order valence-corrected chi connectivity index (χ2v) is 11.0. The first-order valence-electron chi connectivity index (χ1n) is 14.3. The maximum atomic E-state index is 13.0. The molecule has 41 heavy (non-hydrogen) atoms. The molecule has 1 aliphatic carbocycles. The summed E-state index contributed by atoms with van der Waals surface area (Å²) in [6.45, 7) is 0. The van der Waals surface area contributed by atoms with Gasteiger partial charge in [0.15, 0.2) is 0 Å². The van der Waals surface area contributed by atoms with Gasteiger partial charge in [-0.15, -0.1) is 0 Å². The first-order valence-corrected chi connectivity index (χ1v) is 14.3. The zero-order chi connectivity index (χ0) is 27.4. The largest absolute Gasteiger partial charge is 0.376 e. The van der Waals surface area contributed by atoms with E-state index in [1.165, 1.54) is 32.9 Å². The molecule has 0 bridgehead atoms. The maximum Gasteiger partial charge on any atom is 0.141 e. The van der Waals surface area contributed by atoms with Crippen LogP contribution >= 0.6 is 0 Å². The minimum absolute atomic E-state index is 0.904. The molecule has 0 saturated heterocycles. The number of para-hydroxylation sites is 2. The van der Waals surface area contributed by atoms with Crippen molar-refractivity contribution in [3.63, 3.8) is 0 Å². The molecule has 0 saturated carbocycles. The van der Waals surface area contributed by atoms with Gasteiger partial charge in [0.2, 0.25) is 0 Å². The molecular weight excluding hydrogens is 498 g/mol. The van der Waals surface area contributed by atoms with Crippen LogP contribution in [0.4, 0.5) is 0 Å². The highest BCUT2D eigenvalue weighted by molar-refractivity contribution is 6.09. The van der Waals surface area contributed by atoms with Gasteiger partial charge in [-0.2, -0.15) is 0 Å². The van der Waals surface area contributed by atoms with Crippen molar-refractivity contribution in [2.45, 2.75) is 18.4 Å². The van der Waals surface area contributed by atoms with Gasteiger partial charge >= 0.3 is 0 Å². The summed E-state index contributed by atoms with van der Waals surface area (Å²) < 4.78 is 2.35. The van der Waals surface area contributed by atoms with E-state index in [4.69, 9.17) is 0 Å². The van der Waals surface area contributed by atoms with Crippen LogP contribution in [0.25, 0.3) is 38.6 Å². The van der Waals surface area contributed by atoms with Gasteiger partial charge in [-0.25, -0.2) is 0 Å². The Morgan fingerprint density at radius 1 is 0.488 bits per heavy atom. The molecule has 6 aromatic carbocycles. The van der Waals surface area contributed by atoms with Crippen LogP contribution in [-0.4, -0.2) is 9.67 Å². The third-order valence-corrected chi connectivity index (χ3v) is 8.79. The lowest BCUT2D eigenvalue weighted by molar-refractivity contribution is 0.125. The van der Waals surface area contributed by atoms with Crippen LogP contribution in [0, 0.1) is 0 Å². The summed E-state index contributed by atoms with van der Waals surface area (Å²) in [6, 6.07) is 51.1. The number of hydrogen-bond acceptors (Lipinski definition) is 1. The van der Waals surface area contributed by atoms with E-state index in [1.807, 2.05) is 18.2 Å². The molecule has 0 fully saturated rings. The zero-order valence-corrected chi connectivity index (χ0v) is 22.7. The molecule has 1 aromatic heterocycles. The molecule has 2 nitrogen and oxygen atoms in total. The molecule has 1 aliphatic rings. The van der Waals surface area contributed by atoms with Crippen LogP contribution in [0.5, 0.6) is 0 Å². The zero-order valence-electron chi connectivity index (χ0n) is 22.7. The summed E-state index contributed by atoms with van der Waals surface area (Å²) in [7, 11) is 0. The maximum absolute atomic E-state index is 13.0. The Bertz CT molecular complexity index is 1980. The number of nitrogens with zero attached hydrogens (tertiary/aromatic N) is 1. The minimum Gasteiger partial charge on any atom is -0.376 e. The average Bonchev–Trinajstić information content (AvgIpc) is 3.31.